The van der Waals surface area contributed by atoms with Gasteiger partial charge in [-0.3, -0.25) is 0 Å². The van der Waals surface area contributed by atoms with Gasteiger partial charge >= 0.3 is 0 Å². The molecule has 0 saturated heterocycles. The Kier molecular flexibility index (Phi) is 5.87. The molecule has 1 unspecified atom stereocenters. The molecule has 21 heavy (non-hydrogen) atoms. The van der Waals surface area contributed by atoms with E-state index in [0.29, 0.717) is 36.5 Å². The molecule has 2 rings (SSSR count). The Bertz CT molecular complexity index is 553. The second kappa shape index (κ2) is 7.88. The molecule has 5 heteroatoms. The zero-order chi connectivity index (χ0) is 15.1. The molecule has 0 amide bonds. The van der Waals surface area contributed by atoms with Gasteiger partial charge < -0.3 is 9.47 Å². The van der Waals surface area contributed by atoms with Gasteiger partial charge in [0, 0.05) is 5.75 Å². The predicted octanol–water partition coefficient (Wildman–Crippen LogP) is 3.21. The average molecular weight is 304 g/mol. The number of rotatable bonds is 4. The molecule has 0 aromatic heterocycles. The maximum absolute atomic E-state index is 5.61. The van der Waals surface area contributed by atoms with Crippen LogP contribution in [-0.4, -0.2) is 36.8 Å². The third-order valence-corrected chi connectivity index (χ3v) is 3.20. The molecule has 0 bridgehead atoms. The van der Waals surface area contributed by atoms with Gasteiger partial charge in [-0.15, -0.1) is 0 Å². The third kappa shape index (κ3) is 4.11. The van der Waals surface area contributed by atoms with E-state index in [1.807, 2.05) is 50.3 Å². The van der Waals surface area contributed by atoms with E-state index in [0.717, 1.165) is 5.56 Å². The van der Waals surface area contributed by atoms with Crippen molar-refractivity contribution in [1.29, 1.82) is 0 Å². The van der Waals surface area contributed by atoms with Crippen molar-refractivity contribution in [3.8, 4) is 0 Å². The Balaban J connectivity index is 2.37. The summed E-state index contributed by atoms with van der Waals surface area (Å²) in [7, 11) is 0. The molecule has 1 heterocycles. The molecule has 0 N–H and O–H groups in total. The van der Waals surface area contributed by atoms with Gasteiger partial charge in [0.25, 0.3) is 0 Å². The first kappa shape index (κ1) is 15.6. The first-order valence-electron chi connectivity index (χ1n) is 7.08. The van der Waals surface area contributed by atoms with E-state index in [2.05, 4.69) is 22.6 Å². The summed E-state index contributed by atoms with van der Waals surface area (Å²) in [5.74, 6) is 1.68. The predicted molar refractivity (Wildman–Crippen MR) is 90.2 cm³/mol. The molecule has 0 radical (unpaired) electrons. The lowest BCUT2D eigenvalue weighted by molar-refractivity contribution is 0.302. The summed E-state index contributed by atoms with van der Waals surface area (Å²) in [6.07, 6.45) is 1.95. The van der Waals surface area contributed by atoms with Gasteiger partial charge in [0.15, 0.2) is 0 Å². The smallest absolute Gasteiger partial charge is 0.236 e. The van der Waals surface area contributed by atoms with Crippen LogP contribution in [-0.2, 0) is 9.47 Å². The number of aliphatic imine (C=N–C) groups is 2. The monoisotopic (exact) mass is 304 g/mol. The maximum Gasteiger partial charge on any atom is 0.236 e. The number of ether oxygens (including phenoxy) is 2. The van der Waals surface area contributed by atoms with Crippen LogP contribution in [0.5, 0.6) is 0 Å². The van der Waals surface area contributed by atoms with E-state index in [9.17, 15) is 0 Å². The van der Waals surface area contributed by atoms with Crippen molar-refractivity contribution >= 4 is 30.5 Å². The Morgan fingerprint density at radius 2 is 1.86 bits per heavy atom. The number of thiol groups is 1. The minimum absolute atomic E-state index is 0.192. The zero-order valence-corrected chi connectivity index (χ0v) is 13.2. The quantitative estimate of drug-likeness (QED) is 0.868. The largest absolute Gasteiger partial charge is 0.479 e. The lowest BCUT2D eigenvalue weighted by Gasteiger charge is -2.21. The molecule has 112 valence electrons. The molecule has 1 aromatic rings. The molecular formula is C16H20N2O2S. The normalized spacial score (nSPS) is 20.0. The first-order chi connectivity index (χ1) is 10.3. The Labute approximate surface area is 131 Å². The van der Waals surface area contributed by atoms with Gasteiger partial charge in [0.2, 0.25) is 11.8 Å². The van der Waals surface area contributed by atoms with E-state index in [1.54, 1.807) is 0 Å². The molecule has 0 fully saturated rings. The van der Waals surface area contributed by atoms with Crippen molar-refractivity contribution < 1.29 is 9.47 Å². The molecular weight excluding hydrogens is 284 g/mol. The van der Waals surface area contributed by atoms with Gasteiger partial charge in [0.05, 0.1) is 13.2 Å². The standard InChI is InChI=1S/C16H20N2O2S/c1-3-19-15-13(10-12-8-6-5-7-9-12)17-16(20-4-2)14(11-21)18-15/h5-10,14,21H,3-4,11H2,1-2H3/b13-10-. The van der Waals surface area contributed by atoms with Gasteiger partial charge in [-0.25, -0.2) is 9.98 Å². The number of benzene rings is 1. The van der Waals surface area contributed by atoms with Crippen molar-refractivity contribution in [2.75, 3.05) is 19.0 Å². The summed E-state index contributed by atoms with van der Waals surface area (Å²) in [4.78, 5) is 9.13. The number of nitrogens with zero attached hydrogens (tertiary/aromatic N) is 2. The minimum atomic E-state index is -0.192. The Hall–Kier alpha value is -1.75. The van der Waals surface area contributed by atoms with Crippen molar-refractivity contribution in [2.24, 2.45) is 9.98 Å². The molecule has 1 aliphatic heterocycles. The highest BCUT2D eigenvalue weighted by Gasteiger charge is 2.24. The average Bonchev–Trinajstić information content (AvgIpc) is 2.51. The van der Waals surface area contributed by atoms with Crippen molar-refractivity contribution in [1.82, 2.24) is 0 Å². The topological polar surface area (TPSA) is 43.2 Å². The fourth-order valence-electron chi connectivity index (χ4n) is 1.95. The van der Waals surface area contributed by atoms with E-state index in [1.165, 1.54) is 0 Å². The van der Waals surface area contributed by atoms with E-state index < -0.39 is 0 Å². The summed E-state index contributed by atoms with van der Waals surface area (Å²) < 4.78 is 11.2. The highest BCUT2D eigenvalue weighted by Crippen LogP contribution is 2.18. The summed E-state index contributed by atoms with van der Waals surface area (Å²) in [5.41, 5.74) is 1.73. The van der Waals surface area contributed by atoms with Gasteiger partial charge in [-0.2, -0.15) is 12.6 Å². The fourth-order valence-corrected chi connectivity index (χ4v) is 2.19. The molecule has 4 nitrogen and oxygen atoms in total. The van der Waals surface area contributed by atoms with Crippen molar-refractivity contribution in [3.05, 3.63) is 41.6 Å². The Morgan fingerprint density at radius 3 is 2.48 bits per heavy atom. The van der Waals surface area contributed by atoms with Crippen LogP contribution in [0.3, 0.4) is 0 Å². The Morgan fingerprint density at radius 1 is 1.14 bits per heavy atom. The molecule has 0 saturated carbocycles. The molecule has 1 aliphatic rings. The number of hydrogen-bond acceptors (Lipinski definition) is 5. The highest BCUT2D eigenvalue weighted by molar-refractivity contribution is 7.80. The number of hydrogen-bond donors (Lipinski definition) is 1. The van der Waals surface area contributed by atoms with E-state index >= 15 is 0 Å². The van der Waals surface area contributed by atoms with Crippen LogP contribution in [0.1, 0.15) is 19.4 Å². The van der Waals surface area contributed by atoms with Crippen LogP contribution in [0.4, 0.5) is 0 Å². The maximum atomic E-state index is 5.61. The highest BCUT2D eigenvalue weighted by atomic mass is 32.1. The van der Waals surface area contributed by atoms with Gasteiger partial charge in [-0.05, 0) is 25.5 Å². The SMILES string of the molecule is CCOC1=NC(CS)C(OCC)=N/C1=C\c1ccccc1. The second-order valence-corrected chi connectivity index (χ2v) is 4.75. The molecule has 1 atom stereocenters. The van der Waals surface area contributed by atoms with Crippen LogP contribution in [0, 0.1) is 0 Å². The molecule has 1 aromatic carbocycles. The van der Waals surface area contributed by atoms with Crippen molar-refractivity contribution in [3.63, 3.8) is 0 Å². The lowest BCUT2D eigenvalue weighted by Crippen LogP contribution is -2.30. The summed E-state index contributed by atoms with van der Waals surface area (Å²) in [6, 6.07) is 9.77. The summed E-state index contributed by atoms with van der Waals surface area (Å²) in [5, 5.41) is 0. The van der Waals surface area contributed by atoms with E-state index in [-0.39, 0.29) is 6.04 Å². The molecule has 0 spiro atoms. The van der Waals surface area contributed by atoms with Crippen molar-refractivity contribution in [2.45, 2.75) is 19.9 Å². The van der Waals surface area contributed by atoms with Crippen LogP contribution >= 0.6 is 12.6 Å². The minimum Gasteiger partial charge on any atom is -0.479 e. The molecule has 0 aliphatic carbocycles. The van der Waals surface area contributed by atoms with Crippen LogP contribution < -0.4 is 0 Å². The van der Waals surface area contributed by atoms with Crippen LogP contribution in [0.15, 0.2) is 46.0 Å². The lowest BCUT2D eigenvalue weighted by atomic mass is 10.2. The van der Waals surface area contributed by atoms with Gasteiger partial charge in [0.1, 0.15) is 11.7 Å². The zero-order valence-electron chi connectivity index (χ0n) is 12.3. The van der Waals surface area contributed by atoms with E-state index in [4.69, 9.17) is 9.47 Å². The third-order valence-electron chi connectivity index (χ3n) is 2.86. The fraction of sp³-hybridized carbons (Fsp3) is 0.375. The summed E-state index contributed by atoms with van der Waals surface area (Å²) in [6.45, 7) is 4.96. The van der Waals surface area contributed by atoms with Gasteiger partial charge in [-0.1, -0.05) is 30.3 Å². The van der Waals surface area contributed by atoms with Crippen LogP contribution in [0.25, 0.3) is 6.08 Å². The summed E-state index contributed by atoms with van der Waals surface area (Å²) >= 11 is 4.31. The van der Waals surface area contributed by atoms with Crippen LogP contribution in [0.2, 0.25) is 0 Å². The second-order valence-electron chi connectivity index (χ2n) is 4.39. The first-order valence-corrected chi connectivity index (χ1v) is 7.71.